The average molecular weight is 305 g/mol. The van der Waals surface area contributed by atoms with E-state index in [4.69, 9.17) is 17.3 Å². The molecule has 0 saturated carbocycles. The molecule has 1 aromatic carbocycles. The van der Waals surface area contributed by atoms with Gasteiger partial charge in [-0.1, -0.05) is 32.4 Å². The first-order chi connectivity index (χ1) is 8.70. The number of hydrogen-bond donors (Lipinski definition) is 1. The predicted octanol–water partition coefficient (Wildman–Crippen LogP) is 2.90. The fraction of sp³-hybridized carbons (Fsp3) is 0.538. The highest BCUT2D eigenvalue weighted by Crippen LogP contribution is 2.28. The highest BCUT2D eigenvalue weighted by molar-refractivity contribution is 7.89. The molecule has 1 rings (SSSR count). The van der Waals surface area contributed by atoms with Crippen molar-refractivity contribution >= 4 is 27.3 Å². The number of sulfonamides is 1. The molecule has 0 radical (unpaired) electrons. The highest BCUT2D eigenvalue weighted by atomic mass is 35.5. The second-order valence-corrected chi connectivity index (χ2v) is 7.31. The van der Waals surface area contributed by atoms with Crippen LogP contribution in [-0.4, -0.2) is 25.8 Å². The second-order valence-electron chi connectivity index (χ2n) is 4.97. The Kier molecular flexibility index (Phi) is 5.24. The number of nitrogens with two attached hydrogens (primary N) is 1. The van der Waals surface area contributed by atoms with Crippen molar-refractivity contribution in [2.75, 3.05) is 18.8 Å². The third-order valence-electron chi connectivity index (χ3n) is 2.90. The average Bonchev–Trinajstić information content (AvgIpc) is 2.30. The number of nitrogens with zero attached hydrogens (tertiary/aromatic N) is 1. The summed E-state index contributed by atoms with van der Waals surface area (Å²) in [5.74, 6) is 0.256. The lowest BCUT2D eigenvalue weighted by molar-refractivity contribution is 0.380. The maximum absolute atomic E-state index is 12.6. The van der Waals surface area contributed by atoms with Crippen LogP contribution in [0.3, 0.4) is 0 Å². The molecule has 1 aromatic rings. The SMILES string of the molecule is CCN(CC(C)C)S(=O)(=O)c1cc(Cl)cc(N)c1C. The Labute approximate surface area is 120 Å². The zero-order chi connectivity index (χ0) is 14.8. The Morgan fingerprint density at radius 2 is 1.95 bits per heavy atom. The Morgan fingerprint density at radius 3 is 2.42 bits per heavy atom. The molecule has 2 N–H and O–H groups in total. The molecule has 0 aliphatic heterocycles. The summed E-state index contributed by atoms with van der Waals surface area (Å²) in [6, 6.07) is 3.03. The largest absolute Gasteiger partial charge is 0.398 e. The van der Waals surface area contributed by atoms with E-state index in [1.807, 2.05) is 20.8 Å². The monoisotopic (exact) mass is 304 g/mol. The zero-order valence-electron chi connectivity index (χ0n) is 11.8. The lowest BCUT2D eigenvalue weighted by Gasteiger charge is -2.23. The van der Waals surface area contributed by atoms with Crippen molar-refractivity contribution in [3.8, 4) is 0 Å². The van der Waals surface area contributed by atoms with Gasteiger partial charge in [-0.2, -0.15) is 4.31 Å². The molecular formula is C13H21ClN2O2S. The van der Waals surface area contributed by atoms with Crippen LogP contribution in [0.15, 0.2) is 17.0 Å². The number of hydrogen-bond acceptors (Lipinski definition) is 3. The van der Waals surface area contributed by atoms with E-state index in [-0.39, 0.29) is 10.8 Å². The van der Waals surface area contributed by atoms with Gasteiger partial charge in [0, 0.05) is 23.8 Å². The van der Waals surface area contributed by atoms with E-state index in [9.17, 15) is 8.42 Å². The van der Waals surface area contributed by atoms with Gasteiger partial charge in [0.2, 0.25) is 10.0 Å². The van der Waals surface area contributed by atoms with Crippen LogP contribution in [0.5, 0.6) is 0 Å². The Morgan fingerprint density at radius 1 is 1.37 bits per heavy atom. The van der Waals surface area contributed by atoms with Crippen molar-refractivity contribution in [1.29, 1.82) is 0 Å². The first-order valence-corrected chi connectivity index (χ1v) is 8.07. The van der Waals surface area contributed by atoms with Crippen molar-refractivity contribution in [3.05, 3.63) is 22.7 Å². The van der Waals surface area contributed by atoms with Crippen LogP contribution in [0.25, 0.3) is 0 Å². The Bertz CT molecular complexity index is 556. The molecule has 0 saturated heterocycles. The second kappa shape index (κ2) is 6.11. The van der Waals surface area contributed by atoms with E-state index in [2.05, 4.69) is 0 Å². The van der Waals surface area contributed by atoms with Crippen molar-refractivity contribution in [2.45, 2.75) is 32.6 Å². The lowest BCUT2D eigenvalue weighted by Crippen LogP contribution is -2.34. The molecular weight excluding hydrogens is 284 g/mol. The van der Waals surface area contributed by atoms with Gasteiger partial charge in [-0.3, -0.25) is 0 Å². The molecule has 0 aromatic heterocycles. The Hall–Kier alpha value is -0.780. The summed E-state index contributed by atoms with van der Waals surface area (Å²) in [4.78, 5) is 0.194. The number of rotatable bonds is 5. The number of benzene rings is 1. The molecule has 0 heterocycles. The van der Waals surface area contributed by atoms with Crippen LogP contribution >= 0.6 is 11.6 Å². The predicted molar refractivity (Wildman–Crippen MR) is 79.9 cm³/mol. The topological polar surface area (TPSA) is 63.4 Å². The molecule has 0 bridgehead atoms. The fourth-order valence-electron chi connectivity index (χ4n) is 1.89. The van der Waals surface area contributed by atoms with E-state index >= 15 is 0 Å². The van der Waals surface area contributed by atoms with Crippen LogP contribution < -0.4 is 5.73 Å². The molecule has 0 spiro atoms. The maximum atomic E-state index is 12.6. The zero-order valence-corrected chi connectivity index (χ0v) is 13.3. The highest BCUT2D eigenvalue weighted by Gasteiger charge is 2.26. The molecule has 0 fully saturated rings. The molecule has 0 atom stereocenters. The molecule has 0 unspecified atom stereocenters. The van der Waals surface area contributed by atoms with Crippen LogP contribution in [0, 0.1) is 12.8 Å². The van der Waals surface area contributed by atoms with Crippen LogP contribution in [0.2, 0.25) is 5.02 Å². The minimum atomic E-state index is -3.55. The first kappa shape index (κ1) is 16.3. The summed E-state index contributed by atoms with van der Waals surface area (Å²) >= 11 is 5.92. The van der Waals surface area contributed by atoms with Gasteiger partial charge in [0.05, 0.1) is 4.90 Å². The summed E-state index contributed by atoms with van der Waals surface area (Å²) in [6.45, 7) is 8.39. The van der Waals surface area contributed by atoms with E-state index < -0.39 is 10.0 Å². The summed E-state index contributed by atoms with van der Waals surface area (Å²) in [5.41, 5.74) is 6.74. The normalized spacial score (nSPS) is 12.4. The van der Waals surface area contributed by atoms with E-state index in [1.54, 1.807) is 13.0 Å². The molecule has 0 amide bonds. The van der Waals surface area contributed by atoms with Gasteiger partial charge in [-0.05, 0) is 30.5 Å². The Balaban J connectivity index is 3.33. The third-order valence-corrected chi connectivity index (χ3v) is 5.19. The lowest BCUT2D eigenvalue weighted by atomic mass is 10.2. The molecule has 0 aliphatic rings. The number of halogens is 1. The molecule has 6 heteroatoms. The summed E-state index contributed by atoms with van der Waals surface area (Å²) in [5, 5.41) is 0.335. The quantitative estimate of drug-likeness (QED) is 0.851. The van der Waals surface area contributed by atoms with E-state index in [0.717, 1.165) is 0 Å². The number of nitrogen functional groups attached to an aromatic ring is 1. The summed E-state index contributed by atoms with van der Waals surface area (Å²) in [6.07, 6.45) is 0. The van der Waals surface area contributed by atoms with Crippen molar-refractivity contribution in [3.63, 3.8) is 0 Å². The first-order valence-electron chi connectivity index (χ1n) is 6.25. The molecule has 19 heavy (non-hydrogen) atoms. The van der Waals surface area contributed by atoms with Gasteiger partial charge in [0.15, 0.2) is 0 Å². The molecule has 4 nitrogen and oxygen atoms in total. The third kappa shape index (κ3) is 3.61. The van der Waals surface area contributed by atoms with Gasteiger partial charge in [0.1, 0.15) is 0 Å². The van der Waals surface area contributed by atoms with Gasteiger partial charge in [-0.25, -0.2) is 8.42 Å². The van der Waals surface area contributed by atoms with Crippen molar-refractivity contribution in [1.82, 2.24) is 4.31 Å². The fourth-order valence-corrected chi connectivity index (χ4v) is 4.07. The van der Waals surface area contributed by atoms with Gasteiger partial charge < -0.3 is 5.73 Å². The molecule has 0 aliphatic carbocycles. The van der Waals surface area contributed by atoms with Crippen molar-refractivity contribution in [2.24, 2.45) is 5.92 Å². The van der Waals surface area contributed by atoms with Gasteiger partial charge in [0.25, 0.3) is 0 Å². The van der Waals surface area contributed by atoms with Crippen molar-refractivity contribution < 1.29 is 8.42 Å². The number of anilines is 1. The minimum Gasteiger partial charge on any atom is -0.398 e. The van der Waals surface area contributed by atoms with E-state index in [1.165, 1.54) is 10.4 Å². The standard InChI is InChI=1S/C13H21ClN2O2S/c1-5-16(8-9(2)3)19(17,18)13-7-11(14)6-12(15)10(13)4/h6-7,9H,5,8,15H2,1-4H3. The summed E-state index contributed by atoms with van der Waals surface area (Å²) in [7, 11) is -3.55. The summed E-state index contributed by atoms with van der Waals surface area (Å²) < 4.78 is 26.7. The molecule has 108 valence electrons. The van der Waals surface area contributed by atoms with Crippen LogP contribution in [0.4, 0.5) is 5.69 Å². The van der Waals surface area contributed by atoms with Gasteiger partial charge >= 0.3 is 0 Å². The smallest absolute Gasteiger partial charge is 0.243 e. The van der Waals surface area contributed by atoms with Crippen LogP contribution in [-0.2, 0) is 10.0 Å². The van der Waals surface area contributed by atoms with E-state index in [0.29, 0.717) is 29.4 Å². The van der Waals surface area contributed by atoms with Gasteiger partial charge in [-0.15, -0.1) is 0 Å². The van der Waals surface area contributed by atoms with Crippen LogP contribution in [0.1, 0.15) is 26.3 Å². The minimum absolute atomic E-state index is 0.194. The maximum Gasteiger partial charge on any atom is 0.243 e.